The largest absolute Gasteiger partial charge is 0.477 e. The molecule has 0 atom stereocenters. The quantitative estimate of drug-likeness (QED) is 0.821. The molecule has 0 bridgehead atoms. The Hall–Kier alpha value is -1.29. The maximum absolute atomic E-state index is 10.9. The molecule has 2 aromatic rings. The average Bonchev–Trinajstić information content (AvgIpc) is 2.46. The molecular weight excluding hydrogens is 246 g/mol. The average molecular weight is 254 g/mol. The first-order valence-electron chi connectivity index (χ1n) is 4.11. The minimum absolute atomic E-state index is 0.256. The number of rotatable bonds is 1. The Labute approximate surface area is 88.9 Å². The zero-order valence-electron chi connectivity index (χ0n) is 7.47. The van der Waals surface area contributed by atoms with Gasteiger partial charge in [-0.05, 0) is 34.5 Å². The summed E-state index contributed by atoms with van der Waals surface area (Å²) in [6.07, 6.45) is 0. The Balaban J connectivity index is 2.86. The van der Waals surface area contributed by atoms with Crippen molar-refractivity contribution in [3.63, 3.8) is 0 Å². The molecule has 0 saturated carbocycles. The number of para-hydroxylation sites is 1. The highest BCUT2D eigenvalue weighted by atomic mass is 79.9. The number of hydrogen-bond acceptors (Lipinski definition) is 1. The number of carboxylic acid groups (broad SMARTS) is 1. The van der Waals surface area contributed by atoms with E-state index < -0.39 is 5.97 Å². The highest BCUT2D eigenvalue weighted by Gasteiger charge is 2.14. The van der Waals surface area contributed by atoms with Crippen molar-refractivity contribution < 1.29 is 9.90 Å². The maximum atomic E-state index is 10.9. The summed E-state index contributed by atoms with van der Waals surface area (Å²) in [5, 5.41) is 9.85. The lowest BCUT2D eigenvalue weighted by molar-refractivity contribution is 0.0691. The second kappa shape index (κ2) is 3.13. The van der Waals surface area contributed by atoms with Crippen LogP contribution in [0.4, 0.5) is 0 Å². The summed E-state index contributed by atoms with van der Waals surface area (Å²) in [5.74, 6) is -0.925. The lowest BCUT2D eigenvalue weighted by Gasteiger charge is -1.92. The number of aryl methyl sites for hydroxylation is 1. The van der Waals surface area contributed by atoms with Gasteiger partial charge in [0.05, 0.1) is 5.52 Å². The van der Waals surface area contributed by atoms with Crippen LogP contribution in [0.15, 0.2) is 22.7 Å². The lowest BCUT2D eigenvalue weighted by Crippen LogP contribution is -1.98. The van der Waals surface area contributed by atoms with Crippen LogP contribution in [0.5, 0.6) is 0 Å². The molecule has 2 N–H and O–H groups in total. The molecule has 0 aliphatic heterocycles. The van der Waals surface area contributed by atoms with Crippen molar-refractivity contribution in [2.45, 2.75) is 6.92 Å². The highest BCUT2D eigenvalue weighted by Crippen LogP contribution is 2.27. The van der Waals surface area contributed by atoms with Crippen LogP contribution in [0.25, 0.3) is 10.9 Å². The molecule has 1 heterocycles. The maximum Gasteiger partial charge on any atom is 0.352 e. The van der Waals surface area contributed by atoms with E-state index >= 15 is 0 Å². The molecule has 0 aliphatic carbocycles. The molecule has 0 fully saturated rings. The highest BCUT2D eigenvalue weighted by molar-refractivity contribution is 9.10. The first-order valence-corrected chi connectivity index (χ1v) is 4.90. The van der Waals surface area contributed by atoms with Gasteiger partial charge in [-0.1, -0.05) is 12.1 Å². The number of aromatic nitrogens is 1. The molecule has 72 valence electrons. The number of benzene rings is 1. The second-order valence-corrected chi connectivity index (χ2v) is 3.95. The van der Waals surface area contributed by atoms with Crippen LogP contribution in [0.1, 0.15) is 16.1 Å². The lowest BCUT2D eigenvalue weighted by atomic mass is 10.1. The number of nitrogens with one attached hydrogen (secondary N) is 1. The van der Waals surface area contributed by atoms with Gasteiger partial charge in [0.25, 0.3) is 0 Å². The summed E-state index contributed by atoms with van der Waals surface area (Å²) in [6.45, 7) is 1.80. The number of aromatic amines is 1. The van der Waals surface area contributed by atoms with E-state index in [2.05, 4.69) is 20.9 Å². The summed E-state index contributed by atoms with van der Waals surface area (Å²) in [7, 11) is 0. The van der Waals surface area contributed by atoms with Crippen molar-refractivity contribution in [1.82, 2.24) is 4.98 Å². The molecule has 0 saturated heterocycles. The van der Waals surface area contributed by atoms with Crippen LogP contribution in [0, 0.1) is 6.92 Å². The number of aromatic carboxylic acids is 1. The molecule has 0 radical (unpaired) electrons. The fourth-order valence-corrected chi connectivity index (χ4v) is 2.00. The Morgan fingerprint density at radius 3 is 2.79 bits per heavy atom. The normalized spacial score (nSPS) is 10.7. The third kappa shape index (κ3) is 1.23. The summed E-state index contributed by atoms with van der Waals surface area (Å²) in [5.41, 5.74) is 1.86. The smallest absolute Gasteiger partial charge is 0.352 e. The first kappa shape index (κ1) is 9.27. The topological polar surface area (TPSA) is 53.1 Å². The van der Waals surface area contributed by atoms with E-state index in [9.17, 15) is 4.79 Å². The number of carboxylic acids is 1. The number of hydrogen-bond donors (Lipinski definition) is 2. The summed E-state index contributed by atoms with van der Waals surface area (Å²) >= 11 is 3.37. The van der Waals surface area contributed by atoms with E-state index in [0.717, 1.165) is 20.9 Å². The van der Waals surface area contributed by atoms with E-state index in [1.807, 2.05) is 18.2 Å². The minimum Gasteiger partial charge on any atom is -0.477 e. The van der Waals surface area contributed by atoms with Crippen LogP contribution in [0.3, 0.4) is 0 Å². The number of carbonyl (C=O) groups is 1. The van der Waals surface area contributed by atoms with Gasteiger partial charge < -0.3 is 10.1 Å². The van der Waals surface area contributed by atoms with Gasteiger partial charge in [0.1, 0.15) is 5.69 Å². The van der Waals surface area contributed by atoms with Crippen molar-refractivity contribution in [2.24, 2.45) is 0 Å². The van der Waals surface area contributed by atoms with Gasteiger partial charge in [-0.15, -0.1) is 0 Å². The Morgan fingerprint density at radius 1 is 1.50 bits per heavy atom. The minimum atomic E-state index is -0.925. The predicted octanol–water partition coefficient (Wildman–Crippen LogP) is 2.94. The molecule has 0 aliphatic rings. The van der Waals surface area contributed by atoms with Crippen LogP contribution >= 0.6 is 15.9 Å². The van der Waals surface area contributed by atoms with Crippen molar-refractivity contribution in [3.8, 4) is 0 Å². The van der Waals surface area contributed by atoms with Crippen LogP contribution in [-0.4, -0.2) is 16.1 Å². The molecule has 1 aromatic heterocycles. The zero-order chi connectivity index (χ0) is 10.3. The molecule has 0 unspecified atom stereocenters. The fraction of sp³-hybridized carbons (Fsp3) is 0.100. The van der Waals surface area contributed by atoms with Crippen molar-refractivity contribution >= 4 is 32.8 Å². The zero-order valence-corrected chi connectivity index (χ0v) is 9.05. The molecule has 2 rings (SSSR count). The predicted molar refractivity (Wildman–Crippen MR) is 57.7 cm³/mol. The van der Waals surface area contributed by atoms with Gasteiger partial charge >= 0.3 is 5.97 Å². The molecule has 0 amide bonds. The number of halogens is 1. The van der Waals surface area contributed by atoms with E-state index in [-0.39, 0.29) is 5.69 Å². The van der Waals surface area contributed by atoms with Crippen LogP contribution < -0.4 is 0 Å². The molecule has 1 aromatic carbocycles. The molecule has 0 spiro atoms. The number of H-pyrrole nitrogens is 1. The van der Waals surface area contributed by atoms with Crippen molar-refractivity contribution in [1.29, 1.82) is 0 Å². The molecule has 3 nitrogen and oxygen atoms in total. The Morgan fingerprint density at radius 2 is 2.21 bits per heavy atom. The Kier molecular flexibility index (Phi) is 2.07. The van der Waals surface area contributed by atoms with E-state index in [0.29, 0.717) is 0 Å². The third-order valence-corrected chi connectivity index (χ3v) is 2.92. The van der Waals surface area contributed by atoms with Gasteiger partial charge in [0, 0.05) is 9.86 Å². The SMILES string of the molecule is Cc1c(C(=O)O)[nH]c2c(Br)cccc12. The third-order valence-electron chi connectivity index (χ3n) is 2.26. The van der Waals surface area contributed by atoms with Crippen molar-refractivity contribution in [2.75, 3.05) is 0 Å². The summed E-state index contributed by atoms with van der Waals surface area (Å²) in [6, 6.07) is 5.67. The molecular formula is C10H8BrNO2. The fourth-order valence-electron chi connectivity index (χ4n) is 1.53. The standard InChI is InChI=1S/C10H8BrNO2/c1-5-6-3-2-4-7(11)9(6)12-8(5)10(13)14/h2-4,12H,1H3,(H,13,14). The summed E-state index contributed by atoms with van der Waals surface area (Å²) in [4.78, 5) is 13.7. The van der Waals surface area contributed by atoms with E-state index in [1.54, 1.807) is 6.92 Å². The molecule has 14 heavy (non-hydrogen) atoms. The van der Waals surface area contributed by atoms with Gasteiger partial charge in [0.15, 0.2) is 0 Å². The van der Waals surface area contributed by atoms with Gasteiger partial charge in [-0.2, -0.15) is 0 Å². The van der Waals surface area contributed by atoms with Crippen LogP contribution in [0.2, 0.25) is 0 Å². The Bertz CT molecular complexity index is 516. The van der Waals surface area contributed by atoms with Crippen molar-refractivity contribution in [3.05, 3.63) is 33.9 Å². The monoisotopic (exact) mass is 253 g/mol. The van der Waals surface area contributed by atoms with Gasteiger partial charge in [0.2, 0.25) is 0 Å². The van der Waals surface area contributed by atoms with Crippen LogP contribution in [-0.2, 0) is 0 Å². The van der Waals surface area contributed by atoms with Gasteiger partial charge in [-0.25, -0.2) is 4.79 Å². The molecule has 4 heteroatoms. The van der Waals surface area contributed by atoms with E-state index in [1.165, 1.54) is 0 Å². The number of fused-ring (bicyclic) bond motifs is 1. The first-order chi connectivity index (χ1) is 6.61. The van der Waals surface area contributed by atoms with E-state index in [4.69, 9.17) is 5.11 Å². The summed E-state index contributed by atoms with van der Waals surface area (Å²) < 4.78 is 0.880. The second-order valence-electron chi connectivity index (χ2n) is 3.09. The van der Waals surface area contributed by atoms with Gasteiger partial charge in [-0.3, -0.25) is 0 Å².